The Hall–Kier alpha value is -3.87. The minimum atomic E-state index is -0.505. The Bertz CT molecular complexity index is 1380. The van der Waals surface area contributed by atoms with Crippen LogP contribution in [0.2, 0.25) is 0 Å². The second-order valence-electron chi connectivity index (χ2n) is 7.37. The highest BCUT2D eigenvalue weighted by Gasteiger charge is 2.21. The van der Waals surface area contributed by atoms with Crippen LogP contribution in [0, 0.1) is 0 Å². The van der Waals surface area contributed by atoms with Gasteiger partial charge in [0.05, 0.1) is 11.8 Å². The minimum Gasteiger partial charge on any atom is -0.507 e. The largest absolute Gasteiger partial charge is 0.507 e. The number of aryl methyl sites for hydroxylation is 2. The average Bonchev–Trinajstić information content (AvgIpc) is 3.13. The molecule has 7 heteroatoms. The van der Waals surface area contributed by atoms with Crippen molar-refractivity contribution in [3.05, 3.63) is 75.3 Å². The smallest absolute Gasteiger partial charge is 0.272 e. The summed E-state index contributed by atoms with van der Waals surface area (Å²) in [5.74, 6) is 0.515. The van der Waals surface area contributed by atoms with Crippen molar-refractivity contribution in [2.45, 2.75) is 25.7 Å². The average molecular weight is 401 g/mol. The van der Waals surface area contributed by atoms with Crippen LogP contribution in [0.4, 0.5) is 0 Å². The van der Waals surface area contributed by atoms with Gasteiger partial charge in [-0.3, -0.25) is 9.59 Å². The molecular formula is C23H19N3O4. The number of hydrogen-bond acceptors (Lipinski definition) is 5. The normalized spacial score (nSPS) is 13.7. The zero-order chi connectivity index (χ0) is 20.7. The number of nitrogens with one attached hydrogen (secondary N) is 2. The Balaban J connectivity index is 1.49. The van der Waals surface area contributed by atoms with Crippen LogP contribution in [0.25, 0.3) is 21.9 Å². The first kappa shape index (κ1) is 18.2. The van der Waals surface area contributed by atoms with Gasteiger partial charge < -0.3 is 14.5 Å². The first-order chi connectivity index (χ1) is 14.6. The van der Waals surface area contributed by atoms with Crippen LogP contribution in [0.5, 0.6) is 5.75 Å². The fourth-order valence-corrected chi connectivity index (χ4v) is 4.11. The number of phenolic OH excluding ortho intramolecular Hbond substituents is 1. The molecule has 0 bridgehead atoms. The van der Waals surface area contributed by atoms with Crippen LogP contribution in [-0.2, 0) is 12.8 Å². The Kier molecular flexibility index (Phi) is 4.35. The molecule has 0 aliphatic heterocycles. The summed E-state index contributed by atoms with van der Waals surface area (Å²) in [7, 11) is 0. The molecule has 0 unspecified atom stereocenters. The maximum atomic E-state index is 12.7. The van der Waals surface area contributed by atoms with Crippen molar-refractivity contribution >= 4 is 34.0 Å². The summed E-state index contributed by atoms with van der Waals surface area (Å²) in [6, 6.07) is 11.6. The number of benzene rings is 2. The maximum Gasteiger partial charge on any atom is 0.272 e. The fraction of sp³-hybridized carbons (Fsp3) is 0.174. The van der Waals surface area contributed by atoms with Crippen molar-refractivity contribution in [1.82, 2.24) is 10.4 Å². The number of rotatable bonds is 3. The second-order valence-corrected chi connectivity index (χ2v) is 7.37. The zero-order valence-electron chi connectivity index (χ0n) is 16.1. The van der Waals surface area contributed by atoms with Gasteiger partial charge in [-0.05, 0) is 37.5 Å². The molecule has 0 fully saturated rings. The summed E-state index contributed by atoms with van der Waals surface area (Å²) < 4.78 is 5.95. The fourth-order valence-electron chi connectivity index (χ4n) is 4.11. The second kappa shape index (κ2) is 7.18. The minimum absolute atomic E-state index is 0.0660. The number of nitrogens with zero attached hydrogens (tertiary/aromatic N) is 1. The summed E-state index contributed by atoms with van der Waals surface area (Å²) in [4.78, 5) is 27.3. The van der Waals surface area contributed by atoms with E-state index in [1.165, 1.54) is 12.3 Å². The van der Waals surface area contributed by atoms with Gasteiger partial charge in [0.2, 0.25) is 5.56 Å². The molecule has 2 aromatic heterocycles. The molecule has 4 aromatic rings. The lowest BCUT2D eigenvalue weighted by Gasteiger charge is -2.10. The highest BCUT2D eigenvalue weighted by molar-refractivity contribution is 6.07. The Labute approximate surface area is 171 Å². The predicted molar refractivity (Wildman–Crippen MR) is 114 cm³/mol. The van der Waals surface area contributed by atoms with E-state index in [-0.39, 0.29) is 16.9 Å². The highest BCUT2D eigenvalue weighted by atomic mass is 16.3. The van der Waals surface area contributed by atoms with E-state index in [2.05, 4.69) is 15.5 Å². The van der Waals surface area contributed by atoms with E-state index in [1.54, 1.807) is 36.4 Å². The summed E-state index contributed by atoms with van der Waals surface area (Å²) in [6.07, 6.45) is 5.35. The van der Waals surface area contributed by atoms with Crippen LogP contribution < -0.4 is 11.0 Å². The van der Waals surface area contributed by atoms with Gasteiger partial charge in [-0.15, -0.1) is 0 Å². The molecule has 7 nitrogen and oxygen atoms in total. The molecule has 0 saturated carbocycles. The van der Waals surface area contributed by atoms with Crippen molar-refractivity contribution in [3.8, 4) is 5.75 Å². The molecule has 3 N–H and O–H groups in total. The van der Waals surface area contributed by atoms with Crippen molar-refractivity contribution < 1.29 is 14.3 Å². The molecule has 0 atom stereocenters. The number of furan rings is 1. The van der Waals surface area contributed by atoms with Crippen LogP contribution >= 0.6 is 0 Å². The van der Waals surface area contributed by atoms with E-state index in [1.807, 2.05) is 0 Å². The van der Waals surface area contributed by atoms with E-state index in [9.17, 15) is 14.7 Å². The number of aromatic amines is 1. The monoisotopic (exact) mass is 401 g/mol. The van der Waals surface area contributed by atoms with E-state index >= 15 is 0 Å². The van der Waals surface area contributed by atoms with Crippen LogP contribution in [0.1, 0.15) is 40.1 Å². The van der Waals surface area contributed by atoms with Crippen LogP contribution in [0.15, 0.2) is 56.8 Å². The number of carbonyl (C=O) groups is 1. The molecule has 2 aromatic carbocycles. The Morgan fingerprint density at radius 3 is 2.90 bits per heavy atom. The van der Waals surface area contributed by atoms with Gasteiger partial charge in [-0.1, -0.05) is 18.2 Å². The Morgan fingerprint density at radius 2 is 2.00 bits per heavy atom. The third-order valence-electron chi connectivity index (χ3n) is 5.49. The van der Waals surface area contributed by atoms with Crippen molar-refractivity contribution in [1.29, 1.82) is 0 Å². The highest BCUT2D eigenvalue weighted by Crippen LogP contribution is 2.36. The number of aromatic nitrogens is 1. The third-order valence-corrected chi connectivity index (χ3v) is 5.49. The SMILES string of the molecule is O=C(N/N=C/c1c(O)ccc2oc3c(c12)CCCC3)c1cc(=O)[nH]c2ccccc12. The number of pyridine rings is 1. The molecule has 0 saturated heterocycles. The molecule has 5 rings (SSSR count). The molecule has 1 aliphatic carbocycles. The molecule has 2 heterocycles. The lowest BCUT2D eigenvalue weighted by Crippen LogP contribution is -2.20. The quantitative estimate of drug-likeness (QED) is 0.360. The van der Waals surface area contributed by atoms with Gasteiger partial charge in [0.1, 0.15) is 17.1 Å². The van der Waals surface area contributed by atoms with Crippen LogP contribution in [0.3, 0.4) is 0 Å². The van der Waals surface area contributed by atoms with Gasteiger partial charge in [0.25, 0.3) is 5.91 Å². The van der Waals surface area contributed by atoms with Crippen LogP contribution in [-0.4, -0.2) is 22.2 Å². The van der Waals surface area contributed by atoms with E-state index in [0.29, 0.717) is 22.0 Å². The third kappa shape index (κ3) is 3.04. The van der Waals surface area contributed by atoms with Gasteiger partial charge in [-0.2, -0.15) is 5.10 Å². The number of para-hydroxylation sites is 1. The first-order valence-electron chi connectivity index (χ1n) is 9.83. The molecule has 1 amide bonds. The van der Waals surface area contributed by atoms with E-state index in [4.69, 9.17) is 4.42 Å². The number of aromatic hydroxyl groups is 1. The lowest BCUT2D eigenvalue weighted by molar-refractivity contribution is 0.0956. The molecule has 0 radical (unpaired) electrons. The standard InChI is InChI=1S/C23H19N3O4/c27-18-9-10-20-22(14-6-2-4-8-19(14)30-20)16(18)12-24-26-23(29)15-11-21(28)25-17-7-3-1-5-13(15)17/h1,3,5,7,9-12,27H,2,4,6,8H2,(H,25,28)(H,26,29)/b24-12+. The molecule has 1 aliphatic rings. The maximum absolute atomic E-state index is 12.7. The lowest BCUT2D eigenvalue weighted by atomic mass is 9.94. The van der Waals surface area contributed by atoms with E-state index < -0.39 is 5.91 Å². The number of hydrazone groups is 1. The topological polar surface area (TPSA) is 108 Å². The molecular weight excluding hydrogens is 382 g/mol. The number of carbonyl (C=O) groups excluding carboxylic acids is 1. The molecule has 150 valence electrons. The molecule has 0 spiro atoms. The van der Waals surface area contributed by atoms with Gasteiger partial charge in [-0.25, -0.2) is 5.43 Å². The first-order valence-corrected chi connectivity index (χ1v) is 9.83. The number of fused-ring (bicyclic) bond motifs is 4. The number of amides is 1. The van der Waals surface area contributed by atoms with Crippen molar-refractivity contribution in [2.75, 3.05) is 0 Å². The summed E-state index contributed by atoms with van der Waals surface area (Å²) in [5, 5.41) is 15.9. The Morgan fingerprint density at radius 1 is 1.17 bits per heavy atom. The zero-order valence-corrected chi connectivity index (χ0v) is 16.1. The summed E-state index contributed by atoms with van der Waals surface area (Å²) >= 11 is 0. The number of phenols is 1. The van der Waals surface area contributed by atoms with Crippen molar-refractivity contribution in [2.24, 2.45) is 5.10 Å². The summed E-state index contributed by atoms with van der Waals surface area (Å²) in [5.41, 5.74) is 5.22. The predicted octanol–water partition coefficient (Wildman–Crippen LogP) is 3.62. The summed E-state index contributed by atoms with van der Waals surface area (Å²) in [6.45, 7) is 0. The number of H-pyrrole nitrogens is 1. The molecule has 30 heavy (non-hydrogen) atoms. The van der Waals surface area contributed by atoms with Gasteiger partial charge in [0, 0.05) is 39.9 Å². The van der Waals surface area contributed by atoms with E-state index in [0.717, 1.165) is 42.4 Å². The van der Waals surface area contributed by atoms with Gasteiger partial charge >= 0.3 is 0 Å². The number of hydrogen-bond donors (Lipinski definition) is 3. The van der Waals surface area contributed by atoms with Crippen molar-refractivity contribution in [3.63, 3.8) is 0 Å². The van der Waals surface area contributed by atoms with Gasteiger partial charge in [0.15, 0.2) is 0 Å².